The number of allylic oxidation sites excluding steroid dienone is 8. The van der Waals surface area contributed by atoms with E-state index < -0.39 is 0 Å². The molecule has 0 unspecified atom stereocenters. The molecule has 0 N–H and O–H groups in total. The number of para-hydroxylation sites is 4. The molecule has 7 heteroatoms. The van der Waals surface area contributed by atoms with E-state index >= 15 is 0 Å². The quantitative estimate of drug-likeness (QED) is 0.0632. The number of ether oxygens (including phenoxy) is 4. The van der Waals surface area contributed by atoms with Crippen molar-refractivity contribution in [2.24, 2.45) is 0 Å². The molecule has 0 saturated heterocycles. The van der Waals surface area contributed by atoms with Gasteiger partial charge in [0.25, 0.3) is 0 Å². The van der Waals surface area contributed by atoms with Gasteiger partial charge < -0.3 is 28.7 Å². The van der Waals surface area contributed by atoms with Crippen LogP contribution in [0.2, 0.25) is 0 Å². The molecule has 1 saturated carbocycles. The van der Waals surface area contributed by atoms with E-state index in [0.717, 1.165) is 48.8 Å². The molecule has 7 nitrogen and oxygen atoms in total. The summed E-state index contributed by atoms with van der Waals surface area (Å²) in [4.78, 5) is 4.95. The van der Waals surface area contributed by atoms with Gasteiger partial charge in [-0.25, -0.2) is 0 Å². The molecule has 358 valence electrons. The van der Waals surface area contributed by atoms with Crippen molar-refractivity contribution >= 4 is 28.5 Å². The van der Waals surface area contributed by atoms with Gasteiger partial charge in [-0.3, -0.25) is 0 Å². The van der Waals surface area contributed by atoms with Crippen LogP contribution in [0.5, 0.6) is 11.5 Å². The average Bonchev–Trinajstić information content (AvgIpc) is 3.93. The lowest BCUT2D eigenvalue weighted by Crippen LogP contribution is -2.29. The number of anilines is 2. The van der Waals surface area contributed by atoms with Crippen LogP contribution in [0.1, 0.15) is 62.8 Å². The molecule has 3 aliphatic rings. The molecule has 0 aromatic heterocycles. The Morgan fingerprint density at radius 3 is 1.24 bits per heavy atom. The predicted octanol–water partition coefficient (Wildman–Crippen LogP) is 13.8. The summed E-state index contributed by atoms with van der Waals surface area (Å²) in [6.45, 7) is 18.5. The first kappa shape index (κ1) is 48.1. The molecular weight excluding hydrogens is 863 g/mol. The molecule has 6 aromatic carbocycles. The van der Waals surface area contributed by atoms with E-state index in [-0.39, 0.29) is 10.8 Å². The Morgan fingerprint density at radius 1 is 0.457 bits per heavy atom. The summed E-state index contributed by atoms with van der Waals surface area (Å²) in [6.07, 6.45) is 11.4. The molecule has 6 aromatic rings. The van der Waals surface area contributed by atoms with Gasteiger partial charge in [0.2, 0.25) is 17.1 Å². The number of benzene rings is 6. The van der Waals surface area contributed by atoms with Crippen LogP contribution in [-0.2, 0) is 20.3 Å². The molecule has 9 rings (SSSR count). The van der Waals surface area contributed by atoms with Gasteiger partial charge >= 0.3 is 0 Å². The number of hydrogen-bond donors (Lipinski definition) is 0. The third-order valence-corrected chi connectivity index (χ3v) is 13.9. The summed E-state index contributed by atoms with van der Waals surface area (Å²) in [5, 5.41) is 0. The number of aryl methyl sites for hydroxylation is 2. The van der Waals surface area contributed by atoms with E-state index in [1.165, 1.54) is 61.9 Å². The van der Waals surface area contributed by atoms with Crippen LogP contribution in [0.4, 0.5) is 22.7 Å². The third kappa shape index (κ3) is 10.6. The van der Waals surface area contributed by atoms with Gasteiger partial charge in [-0.1, -0.05) is 148 Å². The van der Waals surface area contributed by atoms with Crippen molar-refractivity contribution in [2.75, 3.05) is 62.5 Å². The monoisotopic (exact) mass is 931 g/mol. The third-order valence-electron chi connectivity index (χ3n) is 13.9. The van der Waals surface area contributed by atoms with Gasteiger partial charge in [-0.05, 0) is 86.4 Å². The summed E-state index contributed by atoms with van der Waals surface area (Å²) in [7, 11) is 0. The van der Waals surface area contributed by atoms with Gasteiger partial charge in [0.15, 0.2) is 0 Å². The van der Waals surface area contributed by atoms with Crippen molar-refractivity contribution in [1.82, 2.24) is 4.58 Å². The highest BCUT2D eigenvalue weighted by Crippen LogP contribution is 2.50. The van der Waals surface area contributed by atoms with Crippen molar-refractivity contribution in [3.8, 4) is 11.5 Å². The Bertz CT molecular complexity index is 2700. The van der Waals surface area contributed by atoms with Crippen LogP contribution >= 0.6 is 0 Å². The fourth-order valence-electron chi connectivity index (χ4n) is 10.3. The normalized spacial score (nSPS) is 18.0. The van der Waals surface area contributed by atoms with E-state index in [1.54, 1.807) is 0 Å². The van der Waals surface area contributed by atoms with Gasteiger partial charge in [-0.15, -0.1) is 0 Å². The maximum absolute atomic E-state index is 6.23. The van der Waals surface area contributed by atoms with Crippen LogP contribution in [-0.4, -0.2) is 58.4 Å². The number of hydrogen-bond acceptors (Lipinski definition) is 6. The molecule has 1 aliphatic carbocycles. The lowest BCUT2D eigenvalue weighted by atomic mass is 9.83. The molecule has 0 atom stereocenters. The fraction of sp³-hybridized carbons (Fsp3) is 0.286. The molecule has 0 bridgehead atoms. The van der Waals surface area contributed by atoms with E-state index in [0.29, 0.717) is 39.6 Å². The van der Waals surface area contributed by atoms with Gasteiger partial charge in [-0.2, -0.15) is 4.58 Å². The zero-order chi connectivity index (χ0) is 48.5. The van der Waals surface area contributed by atoms with Crippen molar-refractivity contribution in [1.29, 1.82) is 0 Å². The zero-order valence-corrected chi connectivity index (χ0v) is 41.9. The van der Waals surface area contributed by atoms with Gasteiger partial charge in [0.1, 0.15) is 24.7 Å². The first-order chi connectivity index (χ1) is 34.1. The largest absolute Gasteiger partial charge is 0.491 e. The summed E-state index contributed by atoms with van der Waals surface area (Å²) in [5.74, 6) is 1.72. The second-order valence-corrected chi connectivity index (χ2v) is 19.5. The van der Waals surface area contributed by atoms with E-state index in [9.17, 15) is 0 Å². The Labute approximate surface area is 416 Å². The van der Waals surface area contributed by atoms with Crippen molar-refractivity contribution in [3.63, 3.8) is 0 Å². The minimum Gasteiger partial charge on any atom is -0.491 e. The van der Waals surface area contributed by atoms with E-state index in [4.69, 9.17) is 18.9 Å². The predicted molar refractivity (Wildman–Crippen MR) is 290 cm³/mol. The van der Waals surface area contributed by atoms with Crippen LogP contribution in [0.25, 0.3) is 0 Å². The number of fused-ring (bicyclic) bond motifs is 2. The Hall–Kier alpha value is -6.93. The maximum atomic E-state index is 6.23. The highest BCUT2D eigenvalue weighted by atomic mass is 16.5. The minimum absolute atomic E-state index is 0.223. The van der Waals surface area contributed by atoms with Crippen molar-refractivity contribution < 1.29 is 18.9 Å². The second-order valence-electron chi connectivity index (χ2n) is 19.5. The average molecular weight is 931 g/mol. The summed E-state index contributed by atoms with van der Waals surface area (Å²) in [6, 6.07) is 55.3. The lowest BCUT2D eigenvalue weighted by molar-refractivity contribution is 0.105. The van der Waals surface area contributed by atoms with Crippen LogP contribution in [0.3, 0.4) is 0 Å². The van der Waals surface area contributed by atoms with Crippen molar-refractivity contribution in [2.45, 2.75) is 65.2 Å². The standard InChI is InChI=1S/C63H68N3O4/c1-47-27-33-57-55(45-47)62(3,4)59(64(57)37-39-67-41-43-69-53-23-15-9-16-24-53)35-31-49-29-30-50(61(49)66(51-19-11-7-12-20-51)52-21-13-8-14-22-52)32-36-60-63(5,6)56-46-48(2)28-34-58(56)65(60)38-40-68-42-44-70-54-25-17-10-18-26-54/h7-28,31-36,45-46H,29-30,37-44H2,1-6H3/q+1. The molecule has 2 aliphatic heterocycles. The summed E-state index contributed by atoms with van der Waals surface area (Å²) < 4.78 is 26.8. The second kappa shape index (κ2) is 21.8. The molecule has 2 heterocycles. The highest BCUT2D eigenvalue weighted by Gasteiger charge is 2.42. The first-order valence-electron chi connectivity index (χ1n) is 25.0. The Balaban J connectivity index is 1.06. The van der Waals surface area contributed by atoms with Crippen LogP contribution in [0.15, 0.2) is 205 Å². The lowest BCUT2D eigenvalue weighted by Gasteiger charge is -2.27. The minimum atomic E-state index is -0.223. The van der Waals surface area contributed by atoms with E-state index in [2.05, 4.69) is 177 Å². The molecular formula is C63H68N3O4+. The molecule has 0 amide bonds. The number of rotatable bonds is 18. The smallest absolute Gasteiger partial charge is 0.218 e. The summed E-state index contributed by atoms with van der Waals surface area (Å²) in [5.41, 5.74) is 15.9. The number of nitrogens with zero attached hydrogens (tertiary/aromatic N) is 3. The van der Waals surface area contributed by atoms with Crippen molar-refractivity contribution in [3.05, 3.63) is 227 Å². The van der Waals surface area contributed by atoms with Gasteiger partial charge in [0, 0.05) is 82.1 Å². The van der Waals surface area contributed by atoms with E-state index in [1.807, 2.05) is 60.7 Å². The van der Waals surface area contributed by atoms with Crippen LogP contribution in [0, 0.1) is 13.8 Å². The Morgan fingerprint density at radius 2 is 0.843 bits per heavy atom. The summed E-state index contributed by atoms with van der Waals surface area (Å²) >= 11 is 0. The highest BCUT2D eigenvalue weighted by molar-refractivity contribution is 6.17. The zero-order valence-electron chi connectivity index (χ0n) is 41.9. The first-order valence-corrected chi connectivity index (χ1v) is 25.0. The molecule has 1 fully saturated rings. The molecule has 0 spiro atoms. The SMILES string of the molecule is Cc1ccc2c(c1)C(C)(C)C(=CC=C1CCC(=CC=C3N(CCOCCOc4ccccc4)c4ccc(C)cc4C3(C)C)C1=[N+](c1ccccc1)c1ccccc1)N2CCOCCOc1ccccc1. The fourth-order valence-corrected chi connectivity index (χ4v) is 10.3. The molecule has 0 radical (unpaired) electrons. The van der Waals surface area contributed by atoms with Crippen LogP contribution < -0.4 is 23.8 Å². The topological polar surface area (TPSA) is 46.4 Å². The Kier molecular flexibility index (Phi) is 15.0. The maximum Gasteiger partial charge on any atom is 0.218 e. The van der Waals surface area contributed by atoms with Gasteiger partial charge in [0.05, 0.1) is 26.4 Å². The molecule has 70 heavy (non-hydrogen) atoms.